The average Bonchev–Trinajstić information content (AvgIpc) is 2.68. The van der Waals surface area contributed by atoms with Gasteiger partial charge in [0.1, 0.15) is 0 Å². The molecule has 152 valence electrons. The van der Waals surface area contributed by atoms with Gasteiger partial charge in [-0.3, -0.25) is 4.79 Å². The van der Waals surface area contributed by atoms with E-state index in [1.165, 1.54) is 6.42 Å². The Labute approximate surface area is 160 Å². The molecule has 1 aliphatic heterocycles. The van der Waals surface area contributed by atoms with E-state index in [1.807, 2.05) is 4.90 Å². The molecule has 1 saturated carbocycles. The van der Waals surface area contributed by atoms with Crippen LogP contribution in [0.4, 0.5) is 0 Å². The van der Waals surface area contributed by atoms with Crippen LogP contribution in [-0.4, -0.2) is 67.1 Å². The van der Waals surface area contributed by atoms with Crippen LogP contribution in [0.25, 0.3) is 0 Å². The minimum absolute atomic E-state index is 0.0861. The summed E-state index contributed by atoms with van der Waals surface area (Å²) in [5.41, 5.74) is 0. The van der Waals surface area contributed by atoms with Gasteiger partial charge in [-0.1, -0.05) is 46.0 Å². The summed E-state index contributed by atoms with van der Waals surface area (Å²) >= 11 is 0. The third kappa shape index (κ3) is 5.20. The number of hydrogen-bond donors (Lipinski definition) is 0. The molecule has 1 aliphatic carbocycles. The molecule has 0 bridgehead atoms. The second kappa shape index (κ2) is 10.0. The molecule has 0 N–H and O–H groups in total. The molecule has 2 rings (SSSR count). The smallest absolute Gasteiger partial charge is 0.282 e. The maximum atomic E-state index is 12.9. The molecule has 0 spiro atoms. The topological polar surface area (TPSA) is 60.9 Å². The first-order valence-electron chi connectivity index (χ1n) is 10.4. The highest BCUT2D eigenvalue weighted by molar-refractivity contribution is 7.86. The number of rotatable bonds is 8. The molecule has 2 fully saturated rings. The number of piperazine rings is 1. The monoisotopic (exact) mass is 387 g/mol. The van der Waals surface area contributed by atoms with Gasteiger partial charge >= 0.3 is 0 Å². The van der Waals surface area contributed by atoms with E-state index < -0.39 is 10.2 Å². The number of amides is 1. The maximum absolute atomic E-state index is 12.9. The number of carbonyl (C=O) groups is 1. The van der Waals surface area contributed by atoms with Crippen LogP contribution >= 0.6 is 0 Å². The Morgan fingerprint density at radius 3 is 2.23 bits per heavy atom. The molecular weight excluding hydrogens is 350 g/mol. The van der Waals surface area contributed by atoms with Crippen LogP contribution < -0.4 is 0 Å². The fourth-order valence-corrected chi connectivity index (χ4v) is 5.74. The molecule has 0 unspecified atom stereocenters. The highest BCUT2D eigenvalue weighted by atomic mass is 32.2. The van der Waals surface area contributed by atoms with E-state index in [0.29, 0.717) is 26.2 Å². The van der Waals surface area contributed by atoms with Crippen molar-refractivity contribution < 1.29 is 13.2 Å². The van der Waals surface area contributed by atoms with Gasteiger partial charge in [0, 0.05) is 45.2 Å². The van der Waals surface area contributed by atoms with Crippen molar-refractivity contribution in [2.24, 2.45) is 5.92 Å². The summed E-state index contributed by atoms with van der Waals surface area (Å²) in [5, 5.41) is 0. The third-order valence-corrected chi connectivity index (χ3v) is 8.12. The summed E-state index contributed by atoms with van der Waals surface area (Å²) in [6.07, 6.45) is 9.34. The molecule has 7 heteroatoms. The Kier molecular flexibility index (Phi) is 8.36. The Balaban J connectivity index is 1.90. The Hall–Kier alpha value is -0.660. The van der Waals surface area contributed by atoms with Gasteiger partial charge < -0.3 is 4.90 Å². The van der Waals surface area contributed by atoms with Crippen LogP contribution in [0.1, 0.15) is 71.6 Å². The van der Waals surface area contributed by atoms with Gasteiger partial charge in [-0.05, 0) is 25.7 Å². The van der Waals surface area contributed by atoms with Crippen LogP contribution in [0.5, 0.6) is 0 Å². The summed E-state index contributed by atoms with van der Waals surface area (Å²) in [7, 11) is -1.70. The predicted molar refractivity (Wildman–Crippen MR) is 105 cm³/mol. The molecule has 0 aromatic carbocycles. The number of carbonyl (C=O) groups excluding carboxylic acids is 1. The van der Waals surface area contributed by atoms with E-state index in [2.05, 4.69) is 13.8 Å². The van der Waals surface area contributed by atoms with Crippen LogP contribution in [0.15, 0.2) is 0 Å². The molecular formula is C19H37N3O3S. The molecule has 0 radical (unpaired) electrons. The SMILES string of the molecule is CCCC[C@H](CC)C(=O)N1CCN(S(=O)(=O)N(C)C2CCCCC2)CC1. The fraction of sp³-hybridized carbons (Fsp3) is 0.947. The van der Waals surface area contributed by atoms with Crippen molar-refractivity contribution in [1.29, 1.82) is 0 Å². The van der Waals surface area contributed by atoms with Gasteiger partial charge in [-0.2, -0.15) is 17.0 Å². The quantitative estimate of drug-likeness (QED) is 0.643. The standard InChI is InChI=1S/C19H37N3O3S/c1-4-6-10-17(5-2)19(23)21-13-15-22(16-14-21)26(24,25)20(3)18-11-8-7-9-12-18/h17-18H,4-16H2,1-3H3/t17-/m0/s1. The molecule has 1 amide bonds. The lowest BCUT2D eigenvalue weighted by Gasteiger charge is -2.39. The van der Waals surface area contributed by atoms with Crippen molar-refractivity contribution in [1.82, 2.24) is 13.5 Å². The van der Waals surface area contributed by atoms with Crippen molar-refractivity contribution >= 4 is 16.1 Å². The fourth-order valence-electron chi connectivity index (χ4n) is 4.17. The first-order chi connectivity index (χ1) is 12.4. The Morgan fingerprint density at radius 1 is 1.08 bits per heavy atom. The normalized spacial score (nSPS) is 21.9. The van der Waals surface area contributed by atoms with Gasteiger partial charge in [0.05, 0.1) is 0 Å². The lowest BCUT2D eigenvalue weighted by Crippen LogP contribution is -2.55. The summed E-state index contributed by atoms with van der Waals surface area (Å²) in [6, 6.07) is 0.131. The van der Waals surface area contributed by atoms with Crippen molar-refractivity contribution in [3.8, 4) is 0 Å². The van der Waals surface area contributed by atoms with E-state index in [-0.39, 0.29) is 17.9 Å². The summed E-state index contributed by atoms with van der Waals surface area (Å²) in [5.74, 6) is 0.293. The lowest BCUT2D eigenvalue weighted by atomic mass is 9.96. The molecule has 1 atom stereocenters. The number of unbranched alkanes of at least 4 members (excludes halogenated alkanes) is 1. The minimum Gasteiger partial charge on any atom is -0.340 e. The van der Waals surface area contributed by atoms with Crippen molar-refractivity contribution in [3.05, 3.63) is 0 Å². The molecule has 2 aliphatic rings. The average molecular weight is 388 g/mol. The summed E-state index contributed by atoms with van der Waals surface area (Å²) in [4.78, 5) is 14.6. The van der Waals surface area contributed by atoms with Crippen molar-refractivity contribution in [3.63, 3.8) is 0 Å². The second-order valence-electron chi connectivity index (χ2n) is 7.79. The van der Waals surface area contributed by atoms with Gasteiger partial charge in [-0.15, -0.1) is 0 Å². The van der Waals surface area contributed by atoms with Gasteiger partial charge in [-0.25, -0.2) is 0 Å². The Bertz CT molecular complexity index is 538. The largest absolute Gasteiger partial charge is 0.340 e. The first kappa shape index (κ1) is 21.6. The van der Waals surface area contributed by atoms with Crippen LogP contribution in [-0.2, 0) is 15.0 Å². The molecule has 1 saturated heterocycles. The van der Waals surface area contributed by atoms with Crippen LogP contribution in [0.2, 0.25) is 0 Å². The highest BCUT2D eigenvalue weighted by Crippen LogP contribution is 2.25. The third-order valence-electron chi connectivity index (χ3n) is 6.08. The zero-order valence-electron chi connectivity index (χ0n) is 16.8. The molecule has 1 heterocycles. The van der Waals surface area contributed by atoms with E-state index in [9.17, 15) is 13.2 Å². The zero-order chi connectivity index (χ0) is 19.2. The lowest BCUT2D eigenvalue weighted by molar-refractivity contribution is -0.137. The van der Waals surface area contributed by atoms with E-state index in [0.717, 1.165) is 51.4 Å². The maximum Gasteiger partial charge on any atom is 0.282 e. The molecule has 6 nitrogen and oxygen atoms in total. The number of hydrogen-bond acceptors (Lipinski definition) is 3. The molecule has 0 aromatic heterocycles. The first-order valence-corrected chi connectivity index (χ1v) is 11.8. The van der Waals surface area contributed by atoms with Gasteiger partial charge in [0.25, 0.3) is 10.2 Å². The minimum atomic E-state index is -3.42. The highest BCUT2D eigenvalue weighted by Gasteiger charge is 2.36. The van der Waals surface area contributed by atoms with E-state index in [1.54, 1.807) is 15.7 Å². The van der Waals surface area contributed by atoms with Crippen LogP contribution in [0, 0.1) is 5.92 Å². The second-order valence-corrected chi connectivity index (χ2v) is 9.78. The number of nitrogens with zero attached hydrogens (tertiary/aromatic N) is 3. The zero-order valence-corrected chi connectivity index (χ0v) is 17.6. The van der Waals surface area contributed by atoms with Gasteiger partial charge in [0.15, 0.2) is 0 Å². The van der Waals surface area contributed by atoms with E-state index in [4.69, 9.17) is 0 Å². The van der Waals surface area contributed by atoms with E-state index >= 15 is 0 Å². The summed E-state index contributed by atoms with van der Waals surface area (Å²) in [6.45, 7) is 6.06. The van der Waals surface area contributed by atoms with Crippen molar-refractivity contribution in [2.45, 2.75) is 77.7 Å². The van der Waals surface area contributed by atoms with Crippen LogP contribution in [0.3, 0.4) is 0 Å². The Morgan fingerprint density at radius 2 is 1.69 bits per heavy atom. The van der Waals surface area contributed by atoms with Gasteiger partial charge in [0.2, 0.25) is 5.91 Å². The predicted octanol–water partition coefficient (Wildman–Crippen LogP) is 2.86. The molecule has 26 heavy (non-hydrogen) atoms. The van der Waals surface area contributed by atoms with Crippen molar-refractivity contribution in [2.75, 3.05) is 33.2 Å². The molecule has 0 aromatic rings. The summed E-state index contributed by atoms with van der Waals surface area (Å²) < 4.78 is 29.0.